The highest BCUT2D eigenvalue weighted by atomic mass is 16.5. The number of ether oxygens (including phenoxy) is 6. The van der Waals surface area contributed by atoms with E-state index in [0.29, 0.717) is 74.7 Å². The van der Waals surface area contributed by atoms with Gasteiger partial charge in [-0.2, -0.15) is 0 Å². The van der Waals surface area contributed by atoms with Crippen LogP contribution in [-0.4, -0.2) is 54.3 Å². The monoisotopic (exact) mass is 650 g/mol. The van der Waals surface area contributed by atoms with Crippen LogP contribution in [0.15, 0.2) is 90.1 Å². The molecule has 1 N–H and O–H groups in total. The summed E-state index contributed by atoms with van der Waals surface area (Å²) in [5, 5.41) is 3.58. The number of nitrogens with zero attached hydrogens (tertiary/aromatic N) is 1. The van der Waals surface area contributed by atoms with Crippen LogP contribution < -0.4 is 38.6 Å². The summed E-state index contributed by atoms with van der Waals surface area (Å²) >= 11 is 0. The molecule has 4 aromatic rings. The molecule has 0 saturated heterocycles. The zero-order chi connectivity index (χ0) is 33.9. The maximum absolute atomic E-state index is 14.7. The van der Waals surface area contributed by atoms with E-state index < -0.39 is 6.04 Å². The van der Waals surface area contributed by atoms with E-state index in [1.54, 1.807) is 50.5 Å². The van der Waals surface area contributed by atoms with Crippen molar-refractivity contribution in [2.24, 2.45) is 0 Å². The second-order valence-corrected chi connectivity index (χ2v) is 11.4. The van der Waals surface area contributed by atoms with Gasteiger partial charge in [0.05, 0.1) is 60.1 Å². The molecule has 0 unspecified atom stereocenters. The minimum absolute atomic E-state index is 0.111. The first kappa shape index (κ1) is 32.3. The van der Waals surface area contributed by atoms with Gasteiger partial charge in [-0.3, -0.25) is 14.5 Å². The number of carbonyl (C=O) groups is 2. The average Bonchev–Trinajstić information content (AvgIpc) is 3.28. The van der Waals surface area contributed by atoms with Crippen molar-refractivity contribution in [3.8, 4) is 34.5 Å². The molecule has 10 heteroatoms. The Morgan fingerprint density at radius 2 is 1.19 bits per heavy atom. The highest BCUT2D eigenvalue weighted by Gasteiger charge is 2.43. The van der Waals surface area contributed by atoms with Gasteiger partial charge in [0, 0.05) is 23.3 Å². The first-order valence-corrected chi connectivity index (χ1v) is 15.5. The lowest BCUT2D eigenvalue weighted by Crippen LogP contribution is -2.38. The first-order valence-electron chi connectivity index (χ1n) is 15.5. The van der Waals surface area contributed by atoms with Crippen LogP contribution in [0.4, 0.5) is 11.4 Å². The molecule has 1 aliphatic heterocycles. The Bertz CT molecular complexity index is 1840. The van der Waals surface area contributed by atoms with Crippen molar-refractivity contribution in [3.63, 3.8) is 0 Å². The van der Waals surface area contributed by atoms with Gasteiger partial charge in [-0.15, -0.1) is 0 Å². The average molecular weight is 651 g/mol. The minimum Gasteiger partial charge on any atom is -0.493 e. The number of carbonyl (C=O) groups excluding carboxylic acids is 2. The van der Waals surface area contributed by atoms with Crippen LogP contribution in [0.5, 0.6) is 34.5 Å². The van der Waals surface area contributed by atoms with Crippen LogP contribution in [0.25, 0.3) is 0 Å². The molecule has 0 spiro atoms. The van der Waals surface area contributed by atoms with E-state index in [0.717, 1.165) is 5.56 Å². The number of rotatable bonds is 9. The van der Waals surface area contributed by atoms with Crippen molar-refractivity contribution < 1.29 is 38.0 Å². The van der Waals surface area contributed by atoms with E-state index in [4.69, 9.17) is 28.4 Å². The molecule has 0 aromatic heterocycles. The molecule has 10 nitrogen and oxygen atoms in total. The first-order chi connectivity index (χ1) is 23.4. The number of Topliss-reactive ketones (excluding diaryl/α,β-unsaturated/α-hetero) is 1. The van der Waals surface area contributed by atoms with E-state index in [1.165, 1.54) is 21.3 Å². The molecule has 0 radical (unpaired) electrons. The Morgan fingerprint density at radius 1 is 0.667 bits per heavy atom. The summed E-state index contributed by atoms with van der Waals surface area (Å²) in [6, 6.07) is 23.2. The summed E-state index contributed by atoms with van der Waals surface area (Å²) in [4.78, 5) is 31.0. The van der Waals surface area contributed by atoms with Crippen LogP contribution in [0.1, 0.15) is 46.3 Å². The Labute approximate surface area is 279 Å². The number of hydrogen-bond donors (Lipinski definition) is 1. The third kappa shape index (κ3) is 5.63. The number of methoxy groups -OCH3 is 6. The number of allylic oxidation sites excluding steroid dienone is 1. The number of nitrogens with one attached hydrogen (secondary N) is 1. The second-order valence-electron chi connectivity index (χ2n) is 11.4. The Balaban J connectivity index is 1.59. The van der Waals surface area contributed by atoms with Gasteiger partial charge >= 0.3 is 0 Å². The van der Waals surface area contributed by atoms with Crippen molar-refractivity contribution in [2.75, 3.05) is 52.9 Å². The fourth-order valence-corrected chi connectivity index (χ4v) is 6.68. The molecule has 1 amide bonds. The van der Waals surface area contributed by atoms with Crippen molar-refractivity contribution in [3.05, 3.63) is 107 Å². The van der Waals surface area contributed by atoms with Crippen molar-refractivity contribution in [1.29, 1.82) is 0 Å². The van der Waals surface area contributed by atoms with E-state index in [1.807, 2.05) is 54.6 Å². The topological polar surface area (TPSA) is 105 Å². The van der Waals surface area contributed by atoms with Crippen LogP contribution in [-0.2, 0) is 4.79 Å². The van der Waals surface area contributed by atoms with Gasteiger partial charge in [-0.25, -0.2) is 0 Å². The summed E-state index contributed by atoms with van der Waals surface area (Å²) in [5.41, 5.74) is 4.48. The van der Waals surface area contributed by atoms with E-state index in [2.05, 4.69) is 5.32 Å². The molecule has 2 atom stereocenters. The predicted molar refractivity (Wildman–Crippen MR) is 182 cm³/mol. The summed E-state index contributed by atoms with van der Waals surface area (Å²) in [5.74, 6) is 2.11. The van der Waals surface area contributed by atoms with Crippen LogP contribution >= 0.6 is 0 Å². The Hall–Kier alpha value is -5.64. The van der Waals surface area contributed by atoms with Crippen LogP contribution in [0.2, 0.25) is 0 Å². The third-order valence-corrected chi connectivity index (χ3v) is 8.89. The maximum Gasteiger partial charge on any atom is 0.259 e. The van der Waals surface area contributed by atoms with E-state index >= 15 is 0 Å². The Kier molecular flexibility index (Phi) is 9.16. The quantitative estimate of drug-likeness (QED) is 0.206. The largest absolute Gasteiger partial charge is 0.493 e. The number of para-hydroxylation sites is 2. The lowest BCUT2D eigenvalue weighted by molar-refractivity contribution is -0.116. The molecule has 1 aliphatic carbocycles. The van der Waals surface area contributed by atoms with Crippen molar-refractivity contribution >= 4 is 23.1 Å². The zero-order valence-corrected chi connectivity index (χ0v) is 27.8. The molecule has 0 bridgehead atoms. The molecule has 6 rings (SSSR count). The maximum atomic E-state index is 14.7. The summed E-state index contributed by atoms with van der Waals surface area (Å²) in [7, 11) is 9.30. The molecule has 248 valence electrons. The van der Waals surface area contributed by atoms with Gasteiger partial charge in [-0.1, -0.05) is 30.3 Å². The fourth-order valence-electron chi connectivity index (χ4n) is 6.68. The molecule has 4 aromatic carbocycles. The summed E-state index contributed by atoms with van der Waals surface area (Å²) < 4.78 is 33.9. The van der Waals surface area contributed by atoms with Crippen molar-refractivity contribution in [2.45, 2.75) is 24.8 Å². The number of ketones is 1. The van der Waals surface area contributed by atoms with Gasteiger partial charge in [0.15, 0.2) is 28.8 Å². The van der Waals surface area contributed by atoms with Gasteiger partial charge in [-0.05, 0) is 72.0 Å². The normalized spacial score (nSPS) is 17.0. The molecule has 48 heavy (non-hydrogen) atoms. The number of amides is 1. The van der Waals surface area contributed by atoms with Gasteiger partial charge < -0.3 is 33.7 Å². The SMILES string of the molecule is COc1cc([C@@H]2CC(=O)C3=C(C2)Nc2ccccc2N(C(=O)c2ccccc2)[C@H]3c2cc(OC)c(OC)c(OC)c2)cc(OC)c1OC. The standard InChI is InChI=1S/C38H38N2O8/c1-43-30-18-24(19-31(44-2)36(30)47-5)23-16-27-34(29(41)17-23)35(25-20-32(45-3)37(48-6)33(21-25)46-4)40(28-15-11-10-14-26(28)39-27)38(42)22-12-8-7-9-13-22/h7-15,18-21,23,35,39H,16-17H2,1-6H3/t23-,35-/m0/s1. The van der Waals surface area contributed by atoms with Gasteiger partial charge in [0.1, 0.15) is 0 Å². The van der Waals surface area contributed by atoms with E-state index in [9.17, 15) is 9.59 Å². The zero-order valence-electron chi connectivity index (χ0n) is 27.8. The number of anilines is 2. The third-order valence-electron chi connectivity index (χ3n) is 8.89. The number of fused-ring (bicyclic) bond motifs is 1. The number of hydrogen-bond acceptors (Lipinski definition) is 9. The lowest BCUT2D eigenvalue weighted by atomic mass is 9.78. The smallest absolute Gasteiger partial charge is 0.259 e. The summed E-state index contributed by atoms with van der Waals surface area (Å²) in [6.45, 7) is 0. The van der Waals surface area contributed by atoms with E-state index in [-0.39, 0.29) is 24.0 Å². The highest BCUT2D eigenvalue weighted by Crippen LogP contribution is 2.51. The fraction of sp³-hybridized carbons (Fsp3) is 0.263. The number of benzene rings is 4. The molecule has 2 aliphatic rings. The van der Waals surface area contributed by atoms with Crippen LogP contribution in [0.3, 0.4) is 0 Å². The Morgan fingerprint density at radius 3 is 1.73 bits per heavy atom. The molecular weight excluding hydrogens is 612 g/mol. The van der Waals surface area contributed by atoms with Crippen LogP contribution in [0, 0.1) is 0 Å². The van der Waals surface area contributed by atoms with Gasteiger partial charge in [0.25, 0.3) is 5.91 Å². The molecular formula is C38H38N2O8. The van der Waals surface area contributed by atoms with Crippen molar-refractivity contribution in [1.82, 2.24) is 0 Å². The predicted octanol–water partition coefficient (Wildman–Crippen LogP) is 6.95. The lowest BCUT2D eigenvalue weighted by Gasteiger charge is -2.35. The minimum atomic E-state index is -0.842. The molecule has 1 heterocycles. The molecule has 0 fully saturated rings. The second kappa shape index (κ2) is 13.6. The van der Waals surface area contributed by atoms with Gasteiger partial charge in [0.2, 0.25) is 11.5 Å². The molecule has 0 saturated carbocycles. The summed E-state index contributed by atoms with van der Waals surface area (Å²) in [6.07, 6.45) is 0.659. The highest BCUT2D eigenvalue weighted by molar-refractivity contribution is 6.12.